The molecule has 0 saturated carbocycles. The van der Waals surface area contributed by atoms with Gasteiger partial charge in [0, 0.05) is 36.4 Å². The van der Waals surface area contributed by atoms with Gasteiger partial charge in [0.15, 0.2) is 0 Å². The smallest absolute Gasteiger partial charge is 0.0492 e. The number of rotatable bonds is 6. The molecule has 92 valence electrons. The van der Waals surface area contributed by atoms with Crippen molar-refractivity contribution in [3.63, 3.8) is 0 Å². The maximum absolute atomic E-state index is 4.38. The fourth-order valence-corrected chi connectivity index (χ4v) is 2.05. The van der Waals surface area contributed by atoms with Crippen LogP contribution in [0.15, 0.2) is 12.3 Å². The highest BCUT2D eigenvalue weighted by atomic mass is 15.3. The summed E-state index contributed by atoms with van der Waals surface area (Å²) in [6.45, 7) is 12.1. The van der Waals surface area contributed by atoms with Gasteiger partial charge in [0.25, 0.3) is 0 Å². The Bertz CT molecular complexity index is 304. The topological polar surface area (TPSA) is 29.9 Å². The third kappa shape index (κ3) is 3.34. The molecule has 0 fully saturated rings. The van der Waals surface area contributed by atoms with E-state index in [-0.39, 0.29) is 0 Å². The molecule has 0 saturated heterocycles. The summed E-state index contributed by atoms with van der Waals surface area (Å²) in [6.07, 6.45) is 3.04. The van der Waals surface area contributed by atoms with E-state index in [0.717, 1.165) is 13.0 Å². The fourth-order valence-electron chi connectivity index (χ4n) is 2.05. The van der Waals surface area contributed by atoms with Crippen LogP contribution < -0.4 is 5.32 Å². The second-order valence-electron chi connectivity index (χ2n) is 4.88. The molecule has 2 atom stereocenters. The van der Waals surface area contributed by atoms with E-state index < -0.39 is 0 Å². The predicted molar refractivity (Wildman–Crippen MR) is 68.7 cm³/mol. The highest BCUT2D eigenvalue weighted by molar-refractivity contribution is 5.09. The quantitative estimate of drug-likeness (QED) is 0.803. The van der Waals surface area contributed by atoms with Crippen LogP contribution >= 0.6 is 0 Å². The van der Waals surface area contributed by atoms with E-state index >= 15 is 0 Å². The molecule has 0 amide bonds. The van der Waals surface area contributed by atoms with Crippen LogP contribution in [0.25, 0.3) is 0 Å². The van der Waals surface area contributed by atoms with E-state index in [1.165, 1.54) is 5.69 Å². The standard InChI is InChI=1S/C13H25N3/c1-6-9-16-13(7-8-14-16)11(4)12(5)15-10(2)3/h7-8,10-12,15H,6,9H2,1-5H3. The first-order chi connectivity index (χ1) is 7.56. The first-order valence-electron chi connectivity index (χ1n) is 6.34. The molecule has 0 bridgehead atoms. The summed E-state index contributed by atoms with van der Waals surface area (Å²) in [4.78, 5) is 0. The van der Waals surface area contributed by atoms with Gasteiger partial charge in [0.1, 0.15) is 0 Å². The molecule has 1 aromatic heterocycles. The van der Waals surface area contributed by atoms with Crippen molar-refractivity contribution in [1.29, 1.82) is 0 Å². The van der Waals surface area contributed by atoms with Gasteiger partial charge in [-0.2, -0.15) is 5.10 Å². The third-order valence-corrected chi connectivity index (χ3v) is 3.00. The van der Waals surface area contributed by atoms with Gasteiger partial charge >= 0.3 is 0 Å². The van der Waals surface area contributed by atoms with Crippen molar-refractivity contribution < 1.29 is 0 Å². The Kier molecular flexibility index (Phi) is 5.00. The van der Waals surface area contributed by atoms with Crippen molar-refractivity contribution in [1.82, 2.24) is 15.1 Å². The summed E-state index contributed by atoms with van der Waals surface area (Å²) >= 11 is 0. The van der Waals surface area contributed by atoms with E-state index in [0.29, 0.717) is 18.0 Å². The van der Waals surface area contributed by atoms with Crippen molar-refractivity contribution in [3.8, 4) is 0 Å². The fraction of sp³-hybridized carbons (Fsp3) is 0.769. The number of hydrogen-bond acceptors (Lipinski definition) is 2. The molecule has 0 aliphatic carbocycles. The van der Waals surface area contributed by atoms with Gasteiger partial charge in [-0.1, -0.05) is 27.7 Å². The van der Waals surface area contributed by atoms with Gasteiger partial charge in [0.2, 0.25) is 0 Å². The van der Waals surface area contributed by atoms with E-state index in [1.54, 1.807) is 0 Å². The lowest BCUT2D eigenvalue weighted by Crippen LogP contribution is -2.36. The lowest BCUT2D eigenvalue weighted by molar-refractivity contribution is 0.417. The van der Waals surface area contributed by atoms with Crippen LogP contribution in [0.1, 0.15) is 52.7 Å². The zero-order chi connectivity index (χ0) is 12.1. The largest absolute Gasteiger partial charge is 0.311 e. The van der Waals surface area contributed by atoms with Crippen molar-refractivity contribution >= 4 is 0 Å². The molecule has 3 nitrogen and oxygen atoms in total. The van der Waals surface area contributed by atoms with Crippen LogP contribution in [0.5, 0.6) is 0 Å². The summed E-state index contributed by atoms with van der Waals surface area (Å²) in [5, 5.41) is 7.94. The van der Waals surface area contributed by atoms with Crippen LogP contribution in [0.3, 0.4) is 0 Å². The van der Waals surface area contributed by atoms with Crippen molar-refractivity contribution in [2.75, 3.05) is 0 Å². The van der Waals surface area contributed by atoms with Crippen molar-refractivity contribution in [2.45, 2.75) is 65.6 Å². The normalized spacial score (nSPS) is 15.4. The molecule has 1 aromatic rings. The Morgan fingerprint density at radius 2 is 2.00 bits per heavy atom. The minimum Gasteiger partial charge on any atom is -0.311 e. The number of nitrogens with zero attached hydrogens (tertiary/aromatic N) is 2. The summed E-state index contributed by atoms with van der Waals surface area (Å²) in [5.41, 5.74) is 1.34. The Balaban J connectivity index is 2.70. The minimum absolute atomic E-state index is 0.479. The molecule has 0 spiro atoms. The van der Waals surface area contributed by atoms with E-state index in [2.05, 4.69) is 55.8 Å². The lowest BCUT2D eigenvalue weighted by atomic mass is 9.99. The highest BCUT2D eigenvalue weighted by Gasteiger charge is 2.18. The SMILES string of the molecule is CCCn1nccc1C(C)C(C)NC(C)C. The van der Waals surface area contributed by atoms with Crippen molar-refractivity contribution in [3.05, 3.63) is 18.0 Å². The van der Waals surface area contributed by atoms with Crippen LogP contribution in [0.2, 0.25) is 0 Å². The van der Waals surface area contributed by atoms with Crippen LogP contribution in [-0.4, -0.2) is 21.9 Å². The maximum Gasteiger partial charge on any atom is 0.0492 e. The number of aryl methyl sites for hydroxylation is 1. The first-order valence-corrected chi connectivity index (χ1v) is 6.34. The van der Waals surface area contributed by atoms with Gasteiger partial charge in [-0.15, -0.1) is 0 Å². The van der Waals surface area contributed by atoms with E-state index in [1.807, 2.05) is 6.20 Å². The zero-order valence-corrected chi connectivity index (χ0v) is 11.2. The molecule has 0 radical (unpaired) electrons. The summed E-state index contributed by atoms with van der Waals surface area (Å²) < 4.78 is 2.13. The number of nitrogens with one attached hydrogen (secondary N) is 1. The second kappa shape index (κ2) is 6.04. The molecule has 0 aliphatic rings. The molecule has 0 aliphatic heterocycles. The Labute approximate surface area is 99.2 Å². The summed E-state index contributed by atoms with van der Waals surface area (Å²) in [5.74, 6) is 0.497. The molecular formula is C13H25N3. The average molecular weight is 223 g/mol. The Hall–Kier alpha value is -0.830. The van der Waals surface area contributed by atoms with Crippen LogP contribution in [-0.2, 0) is 6.54 Å². The van der Waals surface area contributed by atoms with Gasteiger partial charge in [-0.25, -0.2) is 0 Å². The van der Waals surface area contributed by atoms with Gasteiger partial charge in [-0.05, 0) is 19.4 Å². The number of hydrogen-bond donors (Lipinski definition) is 1. The molecule has 0 aromatic carbocycles. The van der Waals surface area contributed by atoms with E-state index in [9.17, 15) is 0 Å². The van der Waals surface area contributed by atoms with Crippen molar-refractivity contribution in [2.24, 2.45) is 0 Å². The van der Waals surface area contributed by atoms with Crippen LogP contribution in [0, 0.1) is 0 Å². The molecular weight excluding hydrogens is 198 g/mol. The molecule has 1 N–H and O–H groups in total. The zero-order valence-electron chi connectivity index (χ0n) is 11.2. The molecule has 2 unspecified atom stereocenters. The minimum atomic E-state index is 0.479. The average Bonchev–Trinajstić information content (AvgIpc) is 2.64. The Morgan fingerprint density at radius 3 is 2.56 bits per heavy atom. The van der Waals surface area contributed by atoms with Crippen LogP contribution in [0.4, 0.5) is 0 Å². The van der Waals surface area contributed by atoms with Gasteiger partial charge in [0.05, 0.1) is 0 Å². The highest BCUT2D eigenvalue weighted by Crippen LogP contribution is 2.19. The summed E-state index contributed by atoms with van der Waals surface area (Å²) in [6, 6.07) is 3.14. The maximum atomic E-state index is 4.38. The molecule has 3 heteroatoms. The lowest BCUT2D eigenvalue weighted by Gasteiger charge is -2.24. The third-order valence-electron chi connectivity index (χ3n) is 3.00. The van der Waals surface area contributed by atoms with E-state index in [4.69, 9.17) is 0 Å². The Morgan fingerprint density at radius 1 is 1.31 bits per heavy atom. The molecule has 1 heterocycles. The second-order valence-corrected chi connectivity index (χ2v) is 4.88. The monoisotopic (exact) mass is 223 g/mol. The summed E-state index contributed by atoms with van der Waals surface area (Å²) in [7, 11) is 0. The molecule has 16 heavy (non-hydrogen) atoms. The van der Waals surface area contributed by atoms with Gasteiger partial charge < -0.3 is 5.32 Å². The molecule has 1 rings (SSSR count). The van der Waals surface area contributed by atoms with Gasteiger partial charge in [-0.3, -0.25) is 4.68 Å². The number of aromatic nitrogens is 2. The first kappa shape index (κ1) is 13.2. The predicted octanol–water partition coefficient (Wildman–Crippen LogP) is 2.78.